The molecule has 0 aliphatic rings. The molecule has 1 aromatic carbocycles. The second kappa shape index (κ2) is 8.85. The molecule has 0 fully saturated rings. The Bertz CT molecular complexity index is 1440. The maximum atomic E-state index is 12.8. The number of aryl methyl sites for hydroxylation is 1. The van der Waals surface area contributed by atoms with Gasteiger partial charge < -0.3 is 5.32 Å². The van der Waals surface area contributed by atoms with E-state index in [1.165, 1.54) is 48.7 Å². The third kappa shape index (κ3) is 4.06. The van der Waals surface area contributed by atoms with Gasteiger partial charge in [0.25, 0.3) is 11.5 Å². The number of benzene rings is 1. The van der Waals surface area contributed by atoms with Crippen LogP contribution < -0.4 is 16.6 Å². The highest BCUT2D eigenvalue weighted by atomic mass is 35.5. The van der Waals surface area contributed by atoms with E-state index in [2.05, 4.69) is 10.3 Å². The molecule has 170 valence electrons. The van der Waals surface area contributed by atoms with Crippen molar-refractivity contribution in [3.8, 4) is 0 Å². The number of pyridine rings is 1. The first kappa shape index (κ1) is 23.6. The number of nitrogens with one attached hydrogen (secondary N) is 1. The fourth-order valence-electron chi connectivity index (χ4n) is 3.24. The molecule has 0 aliphatic heterocycles. The number of amides is 1. The van der Waals surface area contributed by atoms with Crippen LogP contribution in [-0.2, 0) is 24.1 Å². The van der Waals surface area contributed by atoms with Crippen LogP contribution in [-0.4, -0.2) is 45.8 Å². The number of carbonyl (C=O) groups is 1. The summed E-state index contributed by atoms with van der Waals surface area (Å²) in [7, 11) is -0.961. The molecule has 32 heavy (non-hydrogen) atoms. The van der Waals surface area contributed by atoms with Crippen LogP contribution in [0.2, 0.25) is 5.02 Å². The first-order chi connectivity index (χ1) is 15.0. The predicted molar refractivity (Wildman–Crippen MR) is 122 cm³/mol. The molecule has 1 amide bonds. The Morgan fingerprint density at radius 1 is 1.09 bits per heavy atom. The predicted octanol–water partition coefficient (Wildman–Crippen LogP) is 1.57. The largest absolute Gasteiger partial charge is 0.332 e. The van der Waals surface area contributed by atoms with E-state index in [0.717, 1.165) is 9.13 Å². The van der Waals surface area contributed by atoms with E-state index in [4.69, 9.17) is 11.6 Å². The first-order valence-corrected chi connectivity index (χ1v) is 11.5. The maximum absolute atomic E-state index is 12.8. The summed E-state index contributed by atoms with van der Waals surface area (Å²) >= 11 is 6.17. The third-order valence-electron chi connectivity index (χ3n) is 5.06. The van der Waals surface area contributed by atoms with Crippen LogP contribution in [0.4, 0.5) is 5.69 Å². The number of hydrogen-bond donors (Lipinski definition) is 1. The van der Waals surface area contributed by atoms with Gasteiger partial charge in [0.1, 0.15) is 11.3 Å². The fraction of sp³-hybridized carbons (Fsp3) is 0.300. The molecule has 0 radical (unpaired) electrons. The van der Waals surface area contributed by atoms with Crippen molar-refractivity contribution in [3.05, 3.63) is 61.9 Å². The highest BCUT2D eigenvalue weighted by molar-refractivity contribution is 7.89. The molecule has 0 atom stereocenters. The summed E-state index contributed by atoms with van der Waals surface area (Å²) in [6.45, 7) is 4.04. The Labute approximate surface area is 189 Å². The molecule has 0 saturated carbocycles. The van der Waals surface area contributed by atoms with Crippen LogP contribution in [0.1, 0.15) is 24.3 Å². The van der Waals surface area contributed by atoms with E-state index in [9.17, 15) is 22.8 Å². The molecule has 2 heterocycles. The standard InChI is InChI=1S/C20H22ClN5O5S/c1-5-26(6-2)32(30,31)12-7-9-14(21)16(11-12)23-18(27)15-10-8-13-17(22-15)24(3)20(29)25(4)19(13)28/h7-11H,5-6H2,1-4H3,(H,23,27). The minimum atomic E-state index is -3.76. The van der Waals surface area contributed by atoms with Crippen molar-refractivity contribution in [1.29, 1.82) is 0 Å². The molecule has 3 rings (SSSR count). The number of aromatic nitrogens is 3. The average molecular weight is 480 g/mol. The van der Waals surface area contributed by atoms with Gasteiger partial charge in [-0.3, -0.25) is 18.7 Å². The van der Waals surface area contributed by atoms with Gasteiger partial charge in [-0.05, 0) is 30.3 Å². The van der Waals surface area contributed by atoms with Gasteiger partial charge in [0.2, 0.25) is 10.0 Å². The normalized spacial score (nSPS) is 11.8. The highest BCUT2D eigenvalue weighted by Crippen LogP contribution is 2.27. The number of hydrogen-bond acceptors (Lipinski definition) is 6. The van der Waals surface area contributed by atoms with Gasteiger partial charge in [0.05, 0.1) is 21.0 Å². The quantitative estimate of drug-likeness (QED) is 0.572. The SMILES string of the molecule is CCN(CC)S(=O)(=O)c1ccc(Cl)c(NC(=O)c2ccc3c(=O)n(C)c(=O)n(C)c3n2)c1. The number of rotatable bonds is 6. The Kier molecular flexibility index (Phi) is 6.54. The van der Waals surface area contributed by atoms with E-state index in [1.807, 2.05) is 0 Å². The number of nitrogens with zero attached hydrogens (tertiary/aromatic N) is 4. The van der Waals surface area contributed by atoms with E-state index < -0.39 is 27.2 Å². The van der Waals surface area contributed by atoms with Gasteiger partial charge in [0.15, 0.2) is 0 Å². The zero-order valence-corrected chi connectivity index (χ0v) is 19.5. The Balaban J connectivity index is 2.02. The minimum absolute atomic E-state index is 0.0155. The zero-order chi connectivity index (χ0) is 23.8. The number of sulfonamides is 1. The smallest absolute Gasteiger partial charge is 0.319 e. The van der Waals surface area contributed by atoms with Gasteiger partial charge in [-0.1, -0.05) is 25.4 Å². The van der Waals surface area contributed by atoms with Crippen LogP contribution in [0.15, 0.2) is 44.8 Å². The topological polar surface area (TPSA) is 123 Å². The van der Waals surface area contributed by atoms with Crippen molar-refractivity contribution in [2.24, 2.45) is 14.1 Å². The minimum Gasteiger partial charge on any atom is -0.319 e. The Morgan fingerprint density at radius 2 is 1.75 bits per heavy atom. The lowest BCUT2D eigenvalue weighted by Gasteiger charge is -2.19. The monoisotopic (exact) mass is 479 g/mol. The maximum Gasteiger partial charge on any atom is 0.332 e. The zero-order valence-electron chi connectivity index (χ0n) is 17.9. The van der Waals surface area contributed by atoms with Crippen molar-refractivity contribution in [2.75, 3.05) is 18.4 Å². The molecule has 0 saturated heterocycles. The van der Waals surface area contributed by atoms with E-state index in [0.29, 0.717) is 13.1 Å². The Morgan fingerprint density at radius 3 is 2.38 bits per heavy atom. The van der Waals surface area contributed by atoms with Gasteiger partial charge in [-0.25, -0.2) is 18.2 Å². The summed E-state index contributed by atoms with van der Waals surface area (Å²) in [5.74, 6) is -0.681. The molecule has 0 bridgehead atoms. The molecule has 12 heteroatoms. The van der Waals surface area contributed by atoms with Gasteiger partial charge in [-0.15, -0.1) is 0 Å². The number of anilines is 1. The number of carbonyl (C=O) groups excluding carboxylic acids is 1. The second-order valence-corrected chi connectivity index (χ2v) is 9.30. The summed E-state index contributed by atoms with van der Waals surface area (Å²) < 4.78 is 29.0. The van der Waals surface area contributed by atoms with Crippen molar-refractivity contribution >= 4 is 44.3 Å². The fourth-order valence-corrected chi connectivity index (χ4v) is 4.89. The molecule has 1 N–H and O–H groups in total. The molecule has 2 aromatic heterocycles. The molecule has 0 aliphatic carbocycles. The summed E-state index contributed by atoms with van der Waals surface area (Å²) in [5, 5.41) is 2.87. The molecule has 3 aromatic rings. The van der Waals surface area contributed by atoms with Crippen LogP contribution in [0.3, 0.4) is 0 Å². The van der Waals surface area contributed by atoms with Crippen molar-refractivity contribution < 1.29 is 13.2 Å². The van der Waals surface area contributed by atoms with Gasteiger partial charge >= 0.3 is 5.69 Å². The van der Waals surface area contributed by atoms with Crippen LogP contribution in [0.5, 0.6) is 0 Å². The summed E-state index contributed by atoms with van der Waals surface area (Å²) in [5.41, 5.74) is -1.04. The first-order valence-electron chi connectivity index (χ1n) is 9.70. The van der Waals surface area contributed by atoms with E-state index >= 15 is 0 Å². The summed E-state index contributed by atoms with van der Waals surface area (Å²) in [4.78, 5) is 41.4. The van der Waals surface area contributed by atoms with Crippen molar-refractivity contribution in [1.82, 2.24) is 18.4 Å². The average Bonchev–Trinajstić information content (AvgIpc) is 2.77. The molecular formula is C20H22ClN5O5S. The van der Waals surface area contributed by atoms with Crippen LogP contribution >= 0.6 is 11.6 Å². The van der Waals surface area contributed by atoms with Gasteiger partial charge in [-0.2, -0.15) is 4.31 Å². The van der Waals surface area contributed by atoms with Crippen molar-refractivity contribution in [3.63, 3.8) is 0 Å². The van der Waals surface area contributed by atoms with E-state index in [1.54, 1.807) is 13.8 Å². The molecule has 10 nitrogen and oxygen atoms in total. The molecule has 0 spiro atoms. The molecular weight excluding hydrogens is 458 g/mol. The Hall–Kier alpha value is -3.02. The number of fused-ring (bicyclic) bond motifs is 1. The molecule has 0 unspecified atom stereocenters. The summed E-state index contributed by atoms with van der Waals surface area (Å²) in [6.07, 6.45) is 0. The van der Waals surface area contributed by atoms with E-state index in [-0.39, 0.29) is 32.3 Å². The van der Waals surface area contributed by atoms with Crippen LogP contribution in [0, 0.1) is 0 Å². The number of halogens is 1. The lowest BCUT2D eigenvalue weighted by molar-refractivity contribution is 0.102. The summed E-state index contributed by atoms with van der Waals surface area (Å²) in [6, 6.07) is 6.77. The highest BCUT2D eigenvalue weighted by Gasteiger charge is 2.23. The van der Waals surface area contributed by atoms with Gasteiger partial charge in [0, 0.05) is 27.2 Å². The van der Waals surface area contributed by atoms with Crippen LogP contribution in [0.25, 0.3) is 11.0 Å². The van der Waals surface area contributed by atoms with Crippen molar-refractivity contribution in [2.45, 2.75) is 18.7 Å². The third-order valence-corrected chi connectivity index (χ3v) is 7.44. The second-order valence-electron chi connectivity index (χ2n) is 6.96. The lowest BCUT2D eigenvalue weighted by atomic mass is 10.2. The lowest BCUT2D eigenvalue weighted by Crippen LogP contribution is -2.37.